The summed E-state index contributed by atoms with van der Waals surface area (Å²) in [6.07, 6.45) is 3.44. The number of halogens is 2. The highest BCUT2D eigenvalue weighted by Crippen LogP contribution is 2.26. The van der Waals surface area contributed by atoms with Gasteiger partial charge in [-0.3, -0.25) is 4.52 Å². The fourth-order valence-electron chi connectivity index (χ4n) is 1.16. The van der Waals surface area contributed by atoms with Gasteiger partial charge in [0.1, 0.15) is 4.49 Å². The lowest BCUT2D eigenvalue weighted by Crippen LogP contribution is -2.04. The largest absolute Gasteiger partial charge is 0.596 e. The van der Waals surface area contributed by atoms with Gasteiger partial charge < -0.3 is 0 Å². The summed E-state index contributed by atoms with van der Waals surface area (Å²) in [4.78, 5) is 0. The van der Waals surface area contributed by atoms with Crippen LogP contribution < -0.4 is 5.30 Å². The van der Waals surface area contributed by atoms with Crippen LogP contribution in [0.2, 0.25) is 0 Å². The number of rotatable bonds is 5. The molecule has 16 heavy (non-hydrogen) atoms. The first-order valence-corrected chi connectivity index (χ1v) is 6.42. The normalized spacial score (nSPS) is 10.5. The Balaban J connectivity index is 2.89. The van der Waals surface area contributed by atoms with E-state index in [4.69, 9.17) is 27.7 Å². The number of hydrogen-bond donors (Lipinski definition) is 0. The second-order valence-electron chi connectivity index (χ2n) is 2.89. The molecule has 0 spiro atoms. The lowest BCUT2D eigenvalue weighted by molar-refractivity contribution is 0.472. The van der Waals surface area contributed by atoms with Gasteiger partial charge in [-0.1, -0.05) is 47.5 Å². The van der Waals surface area contributed by atoms with Crippen LogP contribution in [0.25, 0.3) is 0 Å². The maximum absolute atomic E-state index is 11.8. The van der Waals surface area contributed by atoms with Gasteiger partial charge in [-0.05, 0) is 17.1 Å². The molecule has 1 unspecified atom stereocenters. The standard InChI is InChI=1S/C11H10Cl2O2P/c1-2-5-9-6-3-4-7-10(9)16(14)15-8-11(12)13/h2-4,6-8H,1,5H2/q+1. The molecule has 0 aliphatic carbocycles. The van der Waals surface area contributed by atoms with Gasteiger partial charge in [0.25, 0.3) is 0 Å². The van der Waals surface area contributed by atoms with Crippen molar-refractivity contribution in [2.24, 2.45) is 0 Å². The molecule has 0 saturated carbocycles. The Kier molecular flexibility index (Phi) is 5.54. The molecule has 1 atom stereocenters. The van der Waals surface area contributed by atoms with Crippen molar-refractivity contribution in [2.45, 2.75) is 6.42 Å². The Hall–Kier alpha value is -0.820. The third-order valence-electron chi connectivity index (χ3n) is 1.79. The summed E-state index contributed by atoms with van der Waals surface area (Å²) in [6, 6.07) is 7.29. The molecule has 2 nitrogen and oxygen atoms in total. The topological polar surface area (TPSA) is 26.3 Å². The van der Waals surface area contributed by atoms with E-state index in [2.05, 4.69) is 6.58 Å². The fourth-order valence-corrected chi connectivity index (χ4v) is 2.30. The van der Waals surface area contributed by atoms with Crippen molar-refractivity contribution in [1.82, 2.24) is 0 Å². The third kappa shape index (κ3) is 3.97. The molecular formula is C11H10Cl2O2P+. The van der Waals surface area contributed by atoms with Crippen molar-refractivity contribution in [3.8, 4) is 0 Å². The first-order valence-electron chi connectivity index (χ1n) is 4.49. The Morgan fingerprint density at radius 2 is 2.12 bits per heavy atom. The van der Waals surface area contributed by atoms with Crippen LogP contribution in [-0.4, -0.2) is 0 Å². The summed E-state index contributed by atoms with van der Waals surface area (Å²) in [6.45, 7) is 3.64. The van der Waals surface area contributed by atoms with Gasteiger partial charge in [0, 0.05) is 5.56 Å². The third-order valence-corrected chi connectivity index (χ3v) is 3.09. The zero-order valence-corrected chi connectivity index (χ0v) is 10.8. The smallest absolute Gasteiger partial charge is 0.256 e. The second-order valence-corrected chi connectivity index (χ2v) is 5.11. The Morgan fingerprint density at radius 1 is 1.44 bits per heavy atom. The highest BCUT2D eigenvalue weighted by atomic mass is 35.5. The molecule has 0 aliphatic rings. The van der Waals surface area contributed by atoms with Crippen molar-refractivity contribution in [1.29, 1.82) is 0 Å². The van der Waals surface area contributed by atoms with Crippen LogP contribution in [0.3, 0.4) is 0 Å². The van der Waals surface area contributed by atoms with Crippen LogP contribution in [0.5, 0.6) is 0 Å². The zero-order chi connectivity index (χ0) is 12.0. The van der Waals surface area contributed by atoms with E-state index in [9.17, 15) is 4.57 Å². The van der Waals surface area contributed by atoms with Gasteiger partial charge in [-0.15, -0.1) is 6.58 Å². The minimum atomic E-state index is -1.98. The maximum atomic E-state index is 11.8. The van der Waals surface area contributed by atoms with Crippen LogP contribution in [0.1, 0.15) is 5.56 Å². The van der Waals surface area contributed by atoms with E-state index >= 15 is 0 Å². The van der Waals surface area contributed by atoms with E-state index in [1.165, 1.54) is 0 Å². The minimum Gasteiger partial charge on any atom is -0.256 e. The highest BCUT2D eigenvalue weighted by Gasteiger charge is 2.25. The van der Waals surface area contributed by atoms with Crippen molar-refractivity contribution >= 4 is 36.5 Å². The number of hydrogen-bond acceptors (Lipinski definition) is 2. The van der Waals surface area contributed by atoms with Gasteiger partial charge in [-0.2, -0.15) is 0 Å². The summed E-state index contributed by atoms with van der Waals surface area (Å²) >= 11 is 10.7. The number of allylic oxidation sites excluding steroid dienone is 1. The van der Waals surface area contributed by atoms with E-state index < -0.39 is 8.03 Å². The summed E-state index contributed by atoms with van der Waals surface area (Å²) in [7, 11) is -1.98. The monoisotopic (exact) mass is 275 g/mol. The summed E-state index contributed by atoms with van der Waals surface area (Å²) in [5.41, 5.74) is 0.915. The molecule has 0 aromatic heterocycles. The highest BCUT2D eigenvalue weighted by molar-refractivity contribution is 7.48. The van der Waals surface area contributed by atoms with Crippen molar-refractivity contribution in [2.75, 3.05) is 0 Å². The summed E-state index contributed by atoms with van der Waals surface area (Å²) in [5, 5.41) is 0.628. The van der Waals surface area contributed by atoms with Crippen LogP contribution in [0.15, 0.2) is 47.7 Å². The van der Waals surface area contributed by atoms with E-state index in [1.807, 2.05) is 12.1 Å². The van der Waals surface area contributed by atoms with Crippen molar-refractivity contribution in [3.63, 3.8) is 0 Å². The Morgan fingerprint density at radius 3 is 2.75 bits per heavy atom. The van der Waals surface area contributed by atoms with E-state index in [0.717, 1.165) is 11.8 Å². The van der Waals surface area contributed by atoms with E-state index in [-0.39, 0.29) is 4.49 Å². The molecule has 1 aromatic rings. The average Bonchev–Trinajstić information content (AvgIpc) is 2.27. The lowest BCUT2D eigenvalue weighted by Gasteiger charge is -1.95. The molecule has 0 aliphatic heterocycles. The quantitative estimate of drug-likeness (QED) is 0.460. The van der Waals surface area contributed by atoms with E-state index in [0.29, 0.717) is 11.7 Å². The molecule has 0 N–H and O–H groups in total. The van der Waals surface area contributed by atoms with Crippen LogP contribution in [0.4, 0.5) is 0 Å². The van der Waals surface area contributed by atoms with Gasteiger partial charge >= 0.3 is 8.03 Å². The van der Waals surface area contributed by atoms with Gasteiger partial charge in [0.05, 0.1) is 0 Å². The van der Waals surface area contributed by atoms with Crippen LogP contribution in [0, 0.1) is 0 Å². The SMILES string of the molecule is C=CCc1ccccc1[P+](=O)OC=C(Cl)Cl. The molecular weight excluding hydrogens is 266 g/mol. The summed E-state index contributed by atoms with van der Waals surface area (Å²) in [5.74, 6) is 0. The predicted octanol–water partition coefficient (Wildman–Crippen LogP) is 4.08. The van der Waals surface area contributed by atoms with Gasteiger partial charge in [0.15, 0.2) is 6.26 Å². The minimum absolute atomic E-state index is 0.0652. The lowest BCUT2D eigenvalue weighted by atomic mass is 10.1. The molecule has 0 radical (unpaired) electrons. The molecule has 84 valence electrons. The molecule has 1 aromatic carbocycles. The molecule has 1 rings (SSSR count). The molecule has 0 amide bonds. The first-order chi connectivity index (χ1) is 7.65. The van der Waals surface area contributed by atoms with Crippen molar-refractivity contribution in [3.05, 3.63) is 53.2 Å². The summed E-state index contributed by atoms with van der Waals surface area (Å²) < 4.78 is 16.6. The number of benzene rings is 1. The second kappa shape index (κ2) is 6.70. The Labute approximate surface area is 105 Å². The molecule has 0 saturated heterocycles. The molecule has 0 heterocycles. The Bertz CT molecular complexity index is 426. The van der Waals surface area contributed by atoms with Gasteiger partial charge in [-0.25, -0.2) is 0 Å². The van der Waals surface area contributed by atoms with Crippen LogP contribution in [-0.2, 0) is 15.5 Å². The fraction of sp³-hybridized carbons (Fsp3) is 0.0909. The first kappa shape index (κ1) is 13.2. The maximum Gasteiger partial charge on any atom is 0.596 e. The zero-order valence-electron chi connectivity index (χ0n) is 8.40. The average molecular weight is 276 g/mol. The molecule has 0 fully saturated rings. The van der Waals surface area contributed by atoms with Crippen LogP contribution >= 0.6 is 31.2 Å². The van der Waals surface area contributed by atoms with Crippen molar-refractivity contribution < 1.29 is 9.09 Å². The molecule has 0 bridgehead atoms. The predicted molar refractivity (Wildman–Crippen MR) is 68.5 cm³/mol. The van der Waals surface area contributed by atoms with E-state index in [1.54, 1.807) is 18.2 Å². The molecule has 5 heteroatoms. The van der Waals surface area contributed by atoms with Gasteiger partial charge in [0.2, 0.25) is 5.30 Å².